The SMILES string of the molecule is CCc1ccc(-c2ccc(C=C(F)CCF)cc2)c(F)c1F. The lowest BCUT2D eigenvalue weighted by molar-refractivity contribution is 0.458. The van der Waals surface area contributed by atoms with Crippen LogP contribution in [0.5, 0.6) is 0 Å². The maximum absolute atomic E-state index is 14.1. The molecule has 2 rings (SSSR count). The zero-order valence-electron chi connectivity index (χ0n) is 12.2. The van der Waals surface area contributed by atoms with Crippen LogP contribution in [-0.4, -0.2) is 6.67 Å². The number of hydrogen-bond acceptors (Lipinski definition) is 0. The third-order valence-electron chi connectivity index (χ3n) is 3.42. The van der Waals surface area contributed by atoms with Crippen molar-refractivity contribution in [3.05, 3.63) is 65.0 Å². The van der Waals surface area contributed by atoms with E-state index in [-0.39, 0.29) is 12.0 Å². The summed E-state index contributed by atoms with van der Waals surface area (Å²) in [6.45, 7) is 0.999. The fourth-order valence-corrected chi connectivity index (χ4v) is 2.19. The van der Waals surface area contributed by atoms with Gasteiger partial charge in [0.2, 0.25) is 0 Å². The first kappa shape index (κ1) is 16.3. The van der Waals surface area contributed by atoms with Crippen LogP contribution in [0.3, 0.4) is 0 Å². The van der Waals surface area contributed by atoms with Crippen LogP contribution in [0.2, 0.25) is 0 Å². The normalized spacial score (nSPS) is 11.8. The van der Waals surface area contributed by atoms with Gasteiger partial charge in [0, 0.05) is 12.0 Å². The molecule has 2 aromatic rings. The minimum absolute atomic E-state index is 0.162. The molecule has 0 aliphatic heterocycles. The molecule has 116 valence electrons. The molecule has 0 radical (unpaired) electrons. The molecule has 0 fully saturated rings. The number of allylic oxidation sites excluding steroid dienone is 1. The summed E-state index contributed by atoms with van der Waals surface area (Å²) in [5.74, 6) is -2.27. The Bertz CT molecular complexity index is 672. The molecule has 4 heteroatoms. The Balaban J connectivity index is 2.32. The largest absolute Gasteiger partial charge is 0.251 e. The number of alkyl halides is 1. The van der Waals surface area contributed by atoms with Gasteiger partial charge in [0.1, 0.15) is 5.83 Å². The van der Waals surface area contributed by atoms with E-state index in [0.29, 0.717) is 23.1 Å². The number of rotatable bonds is 5. The Labute approximate surface area is 127 Å². The summed E-state index contributed by atoms with van der Waals surface area (Å²) in [5.41, 5.74) is 1.53. The van der Waals surface area contributed by atoms with Crippen LogP contribution in [0.1, 0.15) is 24.5 Å². The van der Waals surface area contributed by atoms with Crippen molar-refractivity contribution in [1.29, 1.82) is 0 Å². The maximum atomic E-state index is 14.1. The summed E-state index contributed by atoms with van der Waals surface area (Å²) in [5, 5.41) is 0. The van der Waals surface area contributed by atoms with Crippen LogP contribution in [0.25, 0.3) is 17.2 Å². The van der Waals surface area contributed by atoms with Crippen molar-refractivity contribution in [2.75, 3.05) is 6.67 Å². The molecule has 0 atom stereocenters. The fourth-order valence-electron chi connectivity index (χ4n) is 2.19. The molecule has 0 amide bonds. The predicted octanol–water partition coefficient (Wildman–Crippen LogP) is 5.86. The monoisotopic (exact) mass is 308 g/mol. The van der Waals surface area contributed by atoms with Gasteiger partial charge in [-0.3, -0.25) is 4.39 Å². The summed E-state index contributed by atoms with van der Waals surface area (Å²) in [6, 6.07) is 9.42. The van der Waals surface area contributed by atoms with E-state index < -0.39 is 24.1 Å². The van der Waals surface area contributed by atoms with Gasteiger partial charge in [-0.25, -0.2) is 13.2 Å². The van der Waals surface area contributed by atoms with Crippen LogP contribution < -0.4 is 0 Å². The zero-order valence-corrected chi connectivity index (χ0v) is 12.2. The summed E-state index contributed by atoms with van der Waals surface area (Å²) in [7, 11) is 0. The van der Waals surface area contributed by atoms with E-state index in [1.165, 1.54) is 12.1 Å². The zero-order chi connectivity index (χ0) is 16.1. The van der Waals surface area contributed by atoms with Crippen molar-refractivity contribution >= 4 is 6.08 Å². The van der Waals surface area contributed by atoms with Crippen LogP contribution in [-0.2, 0) is 6.42 Å². The number of hydrogen-bond donors (Lipinski definition) is 0. The highest BCUT2D eigenvalue weighted by molar-refractivity contribution is 5.67. The minimum Gasteiger partial charge on any atom is -0.251 e. The van der Waals surface area contributed by atoms with Crippen molar-refractivity contribution in [3.8, 4) is 11.1 Å². The third kappa shape index (κ3) is 3.56. The molecule has 0 aliphatic rings. The average molecular weight is 308 g/mol. The molecule has 0 saturated carbocycles. The second-order valence-electron chi connectivity index (χ2n) is 4.91. The third-order valence-corrected chi connectivity index (χ3v) is 3.42. The quantitative estimate of drug-likeness (QED) is 0.606. The van der Waals surface area contributed by atoms with Gasteiger partial charge in [0.05, 0.1) is 6.67 Å². The van der Waals surface area contributed by atoms with Gasteiger partial charge in [-0.1, -0.05) is 43.3 Å². The first-order chi connectivity index (χ1) is 10.6. The Morgan fingerprint density at radius 2 is 1.68 bits per heavy atom. The fraction of sp³-hybridized carbons (Fsp3) is 0.222. The van der Waals surface area contributed by atoms with Gasteiger partial charge < -0.3 is 0 Å². The Hall–Kier alpha value is -2.10. The van der Waals surface area contributed by atoms with Crippen molar-refractivity contribution in [2.24, 2.45) is 0 Å². The van der Waals surface area contributed by atoms with Crippen LogP contribution in [0.15, 0.2) is 42.2 Å². The van der Waals surface area contributed by atoms with E-state index in [9.17, 15) is 17.6 Å². The lowest BCUT2D eigenvalue weighted by Crippen LogP contribution is -1.95. The maximum Gasteiger partial charge on any atom is 0.166 e. The lowest BCUT2D eigenvalue weighted by Gasteiger charge is -2.08. The van der Waals surface area contributed by atoms with Gasteiger partial charge in [-0.15, -0.1) is 0 Å². The van der Waals surface area contributed by atoms with Gasteiger partial charge >= 0.3 is 0 Å². The van der Waals surface area contributed by atoms with E-state index in [4.69, 9.17) is 0 Å². The van der Waals surface area contributed by atoms with E-state index in [1.807, 2.05) is 0 Å². The van der Waals surface area contributed by atoms with Gasteiger partial charge in [0.25, 0.3) is 0 Å². The van der Waals surface area contributed by atoms with E-state index in [2.05, 4.69) is 0 Å². The molecule has 22 heavy (non-hydrogen) atoms. The number of halogens is 4. The molecule has 0 heterocycles. The lowest BCUT2D eigenvalue weighted by atomic mass is 10.0. The van der Waals surface area contributed by atoms with Crippen LogP contribution in [0, 0.1) is 11.6 Å². The molecule has 0 bridgehead atoms. The molecule has 0 saturated heterocycles. The topological polar surface area (TPSA) is 0 Å². The Morgan fingerprint density at radius 3 is 2.27 bits per heavy atom. The van der Waals surface area contributed by atoms with Crippen LogP contribution in [0.4, 0.5) is 17.6 Å². The van der Waals surface area contributed by atoms with Crippen molar-refractivity contribution < 1.29 is 17.6 Å². The molecule has 0 N–H and O–H groups in total. The summed E-state index contributed by atoms with van der Waals surface area (Å²) < 4.78 is 53.1. The molecule has 0 aliphatic carbocycles. The summed E-state index contributed by atoms with van der Waals surface area (Å²) >= 11 is 0. The predicted molar refractivity (Wildman–Crippen MR) is 80.8 cm³/mol. The highest BCUT2D eigenvalue weighted by Crippen LogP contribution is 2.27. The molecule has 0 aromatic heterocycles. The Kier molecular flexibility index (Phi) is 5.36. The standard InChI is InChI=1S/C18H16F4/c1-2-13-7-8-16(18(22)17(13)21)14-5-3-12(4-6-14)11-15(20)9-10-19/h3-8,11H,2,9-10H2,1H3. The van der Waals surface area contributed by atoms with Crippen molar-refractivity contribution in [1.82, 2.24) is 0 Å². The molecular weight excluding hydrogens is 292 g/mol. The molecule has 0 spiro atoms. The second-order valence-corrected chi connectivity index (χ2v) is 4.91. The first-order valence-electron chi connectivity index (χ1n) is 7.06. The summed E-state index contributed by atoms with van der Waals surface area (Å²) in [6.07, 6.45) is 1.38. The van der Waals surface area contributed by atoms with Gasteiger partial charge in [-0.2, -0.15) is 0 Å². The van der Waals surface area contributed by atoms with E-state index in [1.54, 1.807) is 37.3 Å². The minimum atomic E-state index is -0.883. The highest BCUT2D eigenvalue weighted by atomic mass is 19.2. The Morgan fingerprint density at radius 1 is 1.00 bits per heavy atom. The van der Waals surface area contributed by atoms with Crippen molar-refractivity contribution in [2.45, 2.75) is 19.8 Å². The van der Waals surface area contributed by atoms with E-state index in [0.717, 1.165) is 0 Å². The second kappa shape index (κ2) is 7.25. The summed E-state index contributed by atoms with van der Waals surface area (Å²) in [4.78, 5) is 0. The highest BCUT2D eigenvalue weighted by Gasteiger charge is 2.13. The number of benzene rings is 2. The van der Waals surface area contributed by atoms with Crippen LogP contribution >= 0.6 is 0 Å². The average Bonchev–Trinajstić information content (AvgIpc) is 2.51. The van der Waals surface area contributed by atoms with Gasteiger partial charge in [-0.05, 0) is 29.2 Å². The van der Waals surface area contributed by atoms with Gasteiger partial charge in [0.15, 0.2) is 11.6 Å². The molecule has 0 nitrogen and oxygen atoms in total. The molecule has 2 aromatic carbocycles. The van der Waals surface area contributed by atoms with E-state index >= 15 is 0 Å². The van der Waals surface area contributed by atoms with Crippen molar-refractivity contribution in [3.63, 3.8) is 0 Å². The number of aryl methyl sites for hydroxylation is 1. The smallest absolute Gasteiger partial charge is 0.166 e. The molecule has 0 unspecified atom stereocenters. The molecular formula is C18H16F4. The first-order valence-corrected chi connectivity index (χ1v) is 7.06.